The summed E-state index contributed by atoms with van der Waals surface area (Å²) in [5, 5.41) is 15.5. The molecule has 156 valence electrons. The molecule has 3 aromatic rings. The van der Waals surface area contributed by atoms with Crippen LogP contribution >= 0.6 is 11.6 Å². The first-order chi connectivity index (χ1) is 14.4. The van der Waals surface area contributed by atoms with Gasteiger partial charge in [-0.3, -0.25) is 9.78 Å². The van der Waals surface area contributed by atoms with Gasteiger partial charge in [-0.15, -0.1) is 0 Å². The molecule has 6 heteroatoms. The summed E-state index contributed by atoms with van der Waals surface area (Å²) in [5.41, 5.74) is 1.41. The Balaban J connectivity index is 1.46. The summed E-state index contributed by atoms with van der Waals surface area (Å²) in [4.78, 5) is 17.0. The summed E-state index contributed by atoms with van der Waals surface area (Å²) in [6.07, 6.45) is 4.21. The van der Waals surface area contributed by atoms with Crippen LogP contribution in [-0.2, 0) is 4.79 Å². The molecule has 0 unspecified atom stereocenters. The Morgan fingerprint density at radius 2 is 1.90 bits per heavy atom. The normalized spacial score (nSPS) is 22.6. The quantitative estimate of drug-likeness (QED) is 0.563. The van der Waals surface area contributed by atoms with Crippen molar-refractivity contribution in [2.24, 2.45) is 5.92 Å². The van der Waals surface area contributed by atoms with Gasteiger partial charge < -0.3 is 10.4 Å². The number of hydrogen-bond acceptors (Lipinski definition) is 3. The minimum Gasteiger partial charge on any atom is -0.389 e. The lowest BCUT2D eigenvalue weighted by Gasteiger charge is -2.40. The van der Waals surface area contributed by atoms with Crippen LogP contribution in [0.5, 0.6) is 0 Å². The molecule has 0 radical (unpaired) electrons. The molecule has 1 amide bonds. The van der Waals surface area contributed by atoms with Crippen LogP contribution < -0.4 is 5.32 Å². The van der Waals surface area contributed by atoms with Crippen LogP contribution in [-0.4, -0.2) is 21.6 Å². The maximum absolute atomic E-state index is 13.8. The van der Waals surface area contributed by atoms with Gasteiger partial charge in [0.25, 0.3) is 0 Å². The number of pyridine rings is 1. The molecule has 1 fully saturated rings. The number of anilines is 1. The smallest absolute Gasteiger partial charge is 0.230 e. The monoisotopic (exact) mass is 426 g/mol. The lowest BCUT2D eigenvalue weighted by atomic mass is 9.70. The van der Waals surface area contributed by atoms with Crippen molar-refractivity contribution >= 4 is 34.1 Å². The highest BCUT2D eigenvalue weighted by atomic mass is 35.5. The van der Waals surface area contributed by atoms with E-state index in [9.17, 15) is 14.3 Å². The molecule has 2 N–H and O–H groups in total. The molecule has 1 aromatic heterocycles. The van der Waals surface area contributed by atoms with Crippen molar-refractivity contribution in [3.8, 4) is 0 Å². The van der Waals surface area contributed by atoms with Gasteiger partial charge in [0.05, 0.1) is 17.0 Å². The number of nitrogens with one attached hydrogen (secondary N) is 1. The SMILES string of the molecule is C[C@@H](C(=O)Nc1ccc(Cl)cc1)C1(O)CCC(c2ccnc3ccc(F)cc23)CC1. The number of carbonyl (C=O) groups excluding carboxylic acids is 1. The van der Waals surface area contributed by atoms with E-state index in [1.807, 2.05) is 6.07 Å². The Labute approximate surface area is 180 Å². The van der Waals surface area contributed by atoms with Gasteiger partial charge in [0.1, 0.15) is 5.82 Å². The summed E-state index contributed by atoms with van der Waals surface area (Å²) >= 11 is 5.89. The molecule has 4 nitrogen and oxygen atoms in total. The van der Waals surface area contributed by atoms with Crippen LogP contribution in [0.4, 0.5) is 10.1 Å². The number of nitrogens with zero attached hydrogens (tertiary/aromatic N) is 1. The molecular weight excluding hydrogens is 403 g/mol. The van der Waals surface area contributed by atoms with Crippen molar-refractivity contribution in [3.05, 3.63) is 71.1 Å². The van der Waals surface area contributed by atoms with E-state index in [4.69, 9.17) is 11.6 Å². The number of halogens is 2. The minimum absolute atomic E-state index is 0.198. The Kier molecular flexibility index (Phi) is 5.76. The number of fused-ring (bicyclic) bond motifs is 1. The van der Waals surface area contributed by atoms with Gasteiger partial charge in [-0.1, -0.05) is 18.5 Å². The molecular formula is C24H24ClFN2O2. The Bertz CT molecular complexity index is 1060. The highest BCUT2D eigenvalue weighted by Crippen LogP contribution is 2.43. The molecule has 0 aliphatic heterocycles. The van der Waals surface area contributed by atoms with Gasteiger partial charge in [-0.05, 0) is 85.7 Å². The topological polar surface area (TPSA) is 62.2 Å². The van der Waals surface area contributed by atoms with Crippen molar-refractivity contribution in [2.75, 3.05) is 5.32 Å². The molecule has 1 saturated carbocycles. The summed E-state index contributed by atoms with van der Waals surface area (Å²) in [5.74, 6) is -0.851. The van der Waals surface area contributed by atoms with Gasteiger partial charge in [-0.25, -0.2) is 4.39 Å². The molecule has 0 bridgehead atoms. The number of carbonyl (C=O) groups is 1. The lowest BCUT2D eigenvalue weighted by Crippen LogP contribution is -2.45. The third kappa shape index (κ3) is 4.18. The summed E-state index contributed by atoms with van der Waals surface area (Å²) < 4.78 is 13.8. The van der Waals surface area contributed by atoms with E-state index in [-0.39, 0.29) is 17.6 Å². The average molecular weight is 427 g/mol. The predicted octanol–water partition coefficient (Wildman–Crippen LogP) is 5.69. The molecule has 30 heavy (non-hydrogen) atoms. The number of benzene rings is 2. The first-order valence-corrected chi connectivity index (χ1v) is 10.6. The van der Waals surface area contributed by atoms with Crippen LogP contribution in [0.15, 0.2) is 54.7 Å². The molecule has 1 heterocycles. The number of rotatable bonds is 4. The van der Waals surface area contributed by atoms with Gasteiger partial charge in [-0.2, -0.15) is 0 Å². The second-order valence-corrected chi connectivity index (χ2v) is 8.59. The average Bonchev–Trinajstić information content (AvgIpc) is 2.75. The fraction of sp³-hybridized carbons (Fsp3) is 0.333. The van der Waals surface area contributed by atoms with Crippen LogP contribution in [0, 0.1) is 11.7 Å². The minimum atomic E-state index is -1.07. The van der Waals surface area contributed by atoms with Crippen molar-refractivity contribution in [1.82, 2.24) is 4.98 Å². The number of amides is 1. The Hall–Kier alpha value is -2.50. The third-order valence-electron chi connectivity index (χ3n) is 6.34. The summed E-state index contributed by atoms with van der Waals surface area (Å²) in [7, 11) is 0. The zero-order chi connectivity index (χ0) is 21.3. The van der Waals surface area contributed by atoms with E-state index in [2.05, 4.69) is 10.3 Å². The van der Waals surface area contributed by atoms with E-state index < -0.39 is 11.5 Å². The second-order valence-electron chi connectivity index (χ2n) is 8.16. The first kappa shape index (κ1) is 20.8. The van der Waals surface area contributed by atoms with Crippen LogP contribution in [0.2, 0.25) is 5.02 Å². The van der Waals surface area contributed by atoms with Gasteiger partial charge >= 0.3 is 0 Å². The Morgan fingerprint density at radius 3 is 2.60 bits per heavy atom. The molecule has 0 spiro atoms. The predicted molar refractivity (Wildman–Crippen MR) is 117 cm³/mol. The molecule has 0 saturated heterocycles. The highest BCUT2D eigenvalue weighted by Gasteiger charge is 2.41. The number of hydrogen-bond donors (Lipinski definition) is 2. The zero-order valence-corrected chi connectivity index (χ0v) is 17.5. The van der Waals surface area contributed by atoms with Crippen LogP contribution in [0.1, 0.15) is 44.1 Å². The molecule has 4 rings (SSSR count). The zero-order valence-electron chi connectivity index (χ0n) is 16.7. The molecule has 2 aromatic carbocycles. The van der Waals surface area contributed by atoms with Gasteiger partial charge in [0.2, 0.25) is 5.91 Å². The first-order valence-electron chi connectivity index (χ1n) is 10.2. The van der Waals surface area contributed by atoms with Crippen LogP contribution in [0.3, 0.4) is 0 Å². The number of aromatic nitrogens is 1. The van der Waals surface area contributed by atoms with Crippen molar-refractivity contribution < 1.29 is 14.3 Å². The van der Waals surface area contributed by atoms with E-state index in [1.165, 1.54) is 12.1 Å². The maximum atomic E-state index is 13.8. The summed E-state index contributed by atoms with van der Waals surface area (Å²) in [6.45, 7) is 1.77. The van der Waals surface area contributed by atoms with E-state index in [0.29, 0.717) is 23.6 Å². The molecule has 1 atom stereocenters. The standard InChI is InChI=1S/C24H24ClFN2O2/c1-15(23(29)28-19-5-2-17(25)3-6-19)24(30)11-8-16(9-12-24)20-10-13-27-22-7-4-18(26)14-21(20)22/h2-7,10,13-16,30H,8-9,11-12H2,1H3,(H,28,29)/t15-,16?,24?/m0/s1. The van der Waals surface area contributed by atoms with E-state index in [1.54, 1.807) is 43.5 Å². The summed E-state index contributed by atoms with van der Waals surface area (Å²) in [6, 6.07) is 13.5. The fourth-order valence-electron chi connectivity index (χ4n) is 4.39. The van der Waals surface area contributed by atoms with Gasteiger partial charge in [0, 0.05) is 22.3 Å². The molecule has 1 aliphatic rings. The third-order valence-corrected chi connectivity index (χ3v) is 6.59. The second kappa shape index (κ2) is 8.32. The molecule has 1 aliphatic carbocycles. The van der Waals surface area contributed by atoms with Crippen molar-refractivity contribution in [1.29, 1.82) is 0 Å². The lowest BCUT2D eigenvalue weighted by molar-refractivity contribution is -0.131. The fourth-order valence-corrected chi connectivity index (χ4v) is 4.51. The van der Waals surface area contributed by atoms with Gasteiger partial charge in [0.15, 0.2) is 0 Å². The van der Waals surface area contributed by atoms with Crippen LogP contribution in [0.25, 0.3) is 10.9 Å². The largest absolute Gasteiger partial charge is 0.389 e. The van der Waals surface area contributed by atoms with Crippen molar-refractivity contribution in [2.45, 2.75) is 44.1 Å². The van der Waals surface area contributed by atoms with Crippen molar-refractivity contribution in [3.63, 3.8) is 0 Å². The number of aliphatic hydroxyl groups is 1. The Morgan fingerprint density at radius 1 is 1.20 bits per heavy atom. The van der Waals surface area contributed by atoms with E-state index >= 15 is 0 Å². The van der Waals surface area contributed by atoms with E-state index in [0.717, 1.165) is 29.3 Å². The highest BCUT2D eigenvalue weighted by molar-refractivity contribution is 6.30. The maximum Gasteiger partial charge on any atom is 0.230 e.